The van der Waals surface area contributed by atoms with Gasteiger partial charge in [0, 0.05) is 18.8 Å². The minimum Gasteiger partial charge on any atom is -0.481 e. The molecular formula is C15H18N2O4. The number of rotatable bonds is 5. The highest BCUT2D eigenvalue weighted by atomic mass is 16.4. The number of carboxylic acids is 1. The highest BCUT2D eigenvalue weighted by molar-refractivity contribution is 6.09. The molecule has 1 atom stereocenters. The topological polar surface area (TPSA) is 86.7 Å². The molecule has 1 saturated heterocycles. The number of nitrogens with one attached hydrogen (secondary N) is 1. The lowest BCUT2D eigenvalue weighted by Crippen LogP contribution is -2.37. The molecule has 6 nitrogen and oxygen atoms in total. The minimum absolute atomic E-state index is 0.0441. The van der Waals surface area contributed by atoms with E-state index in [0.717, 1.165) is 11.3 Å². The van der Waals surface area contributed by atoms with Crippen LogP contribution in [0, 0.1) is 12.8 Å². The van der Waals surface area contributed by atoms with Crippen LogP contribution in [0.1, 0.15) is 18.4 Å². The molecule has 2 rings (SSSR count). The summed E-state index contributed by atoms with van der Waals surface area (Å²) in [4.78, 5) is 36.2. The second-order valence-corrected chi connectivity index (χ2v) is 5.10. The predicted octanol–water partition coefficient (Wildman–Crippen LogP) is 0.939. The van der Waals surface area contributed by atoms with Gasteiger partial charge in [-0.1, -0.05) is 17.7 Å². The number of carbonyl (C=O) groups excluding carboxylic acids is 2. The maximum absolute atomic E-state index is 12.3. The van der Waals surface area contributed by atoms with Crippen molar-refractivity contribution in [3.05, 3.63) is 29.8 Å². The third-order valence-electron chi connectivity index (χ3n) is 3.51. The first-order valence-electron chi connectivity index (χ1n) is 6.86. The summed E-state index contributed by atoms with van der Waals surface area (Å²) >= 11 is 0. The van der Waals surface area contributed by atoms with Gasteiger partial charge in [-0.2, -0.15) is 0 Å². The van der Waals surface area contributed by atoms with Crippen LogP contribution in [-0.4, -0.2) is 36.0 Å². The molecule has 112 valence electrons. The number of nitrogens with zero attached hydrogens (tertiary/aromatic N) is 1. The SMILES string of the molecule is Cc1ccc(N2CC[C@H](C(=O)NCCC(=O)O)C2=O)cc1. The van der Waals surface area contributed by atoms with E-state index in [9.17, 15) is 14.4 Å². The second kappa shape index (κ2) is 6.39. The van der Waals surface area contributed by atoms with E-state index >= 15 is 0 Å². The molecule has 1 aliphatic heterocycles. The maximum atomic E-state index is 12.3. The Kier molecular flexibility index (Phi) is 4.57. The van der Waals surface area contributed by atoms with Gasteiger partial charge >= 0.3 is 5.97 Å². The molecule has 1 aliphatic rings. The Balaban J connectivity index is 1.96. The average Bonchev–Trinajstić information content (AvgIpc) is 2.81. The van der Waals surface area contributed by atoms with Gasteiger partial charge < -0.3 is 15.3 Å². The zero-order chi connectivity index (χ0) is 15.4. The molecule has 0 spiro atoms. The Morgan fingerprint density at radius 2 is 2.00 bits per heavy atom. The standard InChI is InChI=1S/C15H18N2O4/c1-10-2-4-11(5-3-10)17-9-7-12(15(17)21)14(20)16-8-6-13(18)19/h2-5,12H,6-9H2,1H3,(H,16,20)(H,18,19)/t12-/m1/s1. The molecular weight excluding hydrogens is 272 g/mol. The molecule has 1 aromatic rings. The molecule has 2 N–H and O–H groups in total. The van der Waals surface area contributed by atoms with Crippen LogP contribution in [0.25, 0.3) is 0 Å². The predicted molar refractivity (Wildman–Crippen MR) is 76.9 cm³/mol. The van der Waals surface area contributed by atoms with Gasteiger partial charge in [0.25, 0.3) is 0 Å². The van der Waals surface area contributed by atoms with Gasteiger partial charge in [0.2, 0.25) is 11.8 Å². The lowest BCUT2D eigenvalue weighted by Gasteiger charge is -2.17. The molecule has 0 saturated carbocycles. The average molecular weight is 290 g/mol. The summed E-state index contributed by atoms with van der Waals surface area (Å²) in [5.41, 5.74) is 1.89. The van der Waals surface area contributed by atoms with E-state index in [-0.39, 0.29) is 18.9 Å². The lowest BCUT2D eigenvalue weighted by molar-refractivity contribution is -0.137. The third-order valence-corrected chi connectivity index (χ3v) is 3.51. The van der Waals surface area contributed by atoms with E-state index in [1.165, 1.54) is 0 Å². The van der Waals surface area contributed by atoms with E-state index in [4.69, 9.17) is 5.11 Å². The third kappa shape index (κ3) is 3.59. The quantitative estimate of drug-likeness (QED) is 0.790. The van der Waals surface area contributed by atoms with Gasteiger partial charge in [-0.25, -0.2) is 0 Å². The van der Waals surface area contributed by atoms with Crippen LogP contribution < -0.4 is 10.2 Å². The van der Waals surface area contributed by atoms with E-state index in [1.807, 2.05) is 31.2 Å². The fourth-order valence-electron chi connectivity index (χ4n) is 2.32. The van der Waals surface area contributed by atoms with Crippen LogP contribution in [-0.2, 0) is 14.4 Å². The summed E-state index contributed by atoms with van der Waals surface area (Å²) in [5.74, 6) is -2.32. The molecule has 1 fully saturated rings. The van der Waals surface area contributed by atoms with Crippen molar-refractivity contribution >= 4 is 23.5 Å². The van der Waals surface area contributed by atoms with E-state index in [2.05, 4.69) is 5.32 Å². The first-order chi connectivity index (χ1) is 9.99. The van der Waals surface area contributed by atoms with Crippen molar-refractivity contribution in [1.82, 2.24) is 5.32 Å². The van der Waals surface area contributed by atoms with Crippen LogP contribution in [0.3, 0.4) is 0 Å². The van der Waals surface area contributed by atoms with Crippen molar-refractivity contribution < 1.29 is 19.5 Å². The molecule has 0 unspecified atom stereocenters. The van der Waals surface area contributed by atoms with Gasteiger partial charge in [0.1, 0.15) is 5.92 Å². The Bertz CT molecular complexity index is 553. The van der Waals surface area contributed by atoms with Crippen molar-refractivity contribution in [2.45, 2.75) is 19.8 Å². The van der Waals surface area contributed by atoms with Gasteiger partial charge in [-0.15, -0.1) is 0 Å². The van der Waals surface area contributed by atoms with Gasteiger partial charge in [-0.05, 0) is 25.5 Å². The summed E-state index contributed by atoms with van der Waals surface area (Å²) in [5, 5.41) is 11.0. The van der Waals surface area contributed by atoms with E-state index < -0.39 is 17.8 Å². The lowest BCUT2D eigenvalue weighted by atomic mass is 10.1. The van der Waals surface area contributed by atoms with E-state index in [1.54, 1.807) is 4.90 Å². The van der Waals surface area contributed by atoms with Crippen LogP contribution in [0.2, 0.25) is 0 Å². The Morgan fingerprint density at radius 3 is 2.62 bits per heavy atom. The zero-order valence-electron chi connectivity index (χ0n) is 11.8. The maximum Gasteiger partial charge on any atom is 0.305 e. The van der Waals surface area contributed by atoms with Crippen molar-refractivity contribution in [3.63, 3.8) is 0 Å². The smallest absolute Gasteiger partial charge is 0.305 e. The Labute approximate surface area is 122 Å². The number of hydrogen-bond donors (Lipinski definition) is 2. The number of carbonyl (C=O) groups is 3. The minimum atomic E-state index is -0.977. The first-order valence-corrected chi connectivity index (χ1v) is 6.86. The summed E-state index contributed by atoms with van der Waals surface area (Å²) in [7, 11) is 0. The van der Waals surface area contributed by atoms with Crippen LogP contribution >= 0.6 is 0 Å². The first kappa shape index (κ1) is 15.0. The summed E-state index contributed by atoms with van der Waals surface area (Å²) in [6, 6.07) is 7.56. The highest BCUT2D eigenvalue weighted by Gasteiger charge is 2.37. The normalized spacial score (nSPS) is 17.9. The van der Waals surface area contributed by atoms with Gasteiger partial charge in [0.15, 0.2) is 0 Å². The number of carboxylic acid groups (broad SMARTS) is 1. The highest BCUT2D eigenvalue weighted by Crippen LogP contribution is 2.25. The van der Waals surface area contributed by atoms with Crippen molar-refractivity contribution in [2.75, 3.05) is 18.0 Å². The summed E-state index contributed by atoms with van der Waals surface area (Å²) in [6.45, 7) is 2.51. The number of aliphatic carboxylic acids is 1. The molecule has 0 aliphatic carbocycles. The number of amides is 2. The monoisotopic (exact) mass is 290 g/mol. The number of hydrogen-bond acceptors (Lipinski definition) is 3. The van der Waals surface area contributed by atoms with Gasteiger partial charge in [0.05, 0.1) is 6.42 Å². The van der Waals surface area contributed by atoms with Crippen molar-refractivity contribution in [2.24, 2.45) is 5.92 Å². The number of anilines is 1. The molecule has 2 amide bonds. The summed E-state index contributed by atoms with van der Waals surface area (Å²) < 4.78 is 0. The largest absolute Gasteiger partial charge is 0.481 e. The second-order valence-electron chi connectivity index (χ2n) is 5.10. The molecule has 1 aromatic carbocycles. The fourth-order valence-corrected chi connectivity index (χ4v) is 2.32. The Hall–Kier alpha value is -2.37. The molecule has 1 heterocycles. The Morgan fingerprint density at radius 1 is 1.33 bits per heavy atom. The molecule has 21 heavy (non-hydrogen) atoms. The van der Waals surface area contributed by atoms with Crippen molar-refractivity contribution in [1.29, 1.82) is 0 Å². The zero-order valence-corrected chi connectivity index (χ0v) is 11.8. The van der Waals surface area contributed by atoms with Crippen LogP contribution in [0.5, 0.6) is 0 Å². The fraction of sp³-hybridized carbons (Fsp3) is 0.400. The summed E-state index contributed by atoms with van der Waals surface area (Å²) in [6.07, 6.45) is 0.305. The molecule has 0 bridgehead atoms. The number of benzene rings is 1. The van der Waals surface area contributed by atoms with Gasteiger partial charge in [-0.3, -0.25) is 14.4 Å². The van der Waals surface area contributed by atoms with Crippen LogP contribution in [0.15, 0.2) is 24.3 Å². The molecule has 0 aromatic heterocycles. The molecule has 6 heteroatoms. The van der Waals surface area contributed by atoms with Crippen LogP contribution in [0.4, 0.5) is 5.69 Å². The number of aryl methyl sites for hydroxylation is 1. The molecule has 0 radical (unpaired) electrons. The van der Waals surface area contributed by atoms with Crippen molar-refractivity contribution in [3.8, 4) is 0 Å². The van der Waals surface area contributed by atoms with E-state index in [0.29, 0.717) is 13.0 Å².